The molecule has 0 aliphatic rings. The van der Waals surface area contributed by atoms with Crippen molar-refractivity contribution < 1.29 is 11.7 Å². The van der Waals surface area contributed by atoms with Crippen LogP contribution in [0, 0.1) is 18.9 Å². The van der Waals surface area contributed by atoms with E-state index in [1.807, 2.05) is 93.2 Å². The molecule has 0 amide bonds. The average Bonchev–Trinajstić information content (AvgIpc) is 3.22. The third-order valence-corrected chi connectivity index (χ3v) is 6.10. The van der Waals surface area contributed by atoms with E-state index in [-0.39, 0.29) is 0 Å². The molecule has 0 saturated carbocycles. The Morgan fingerprint density at radius 3 is 2.29 bits per heavy atom. The third kappa shape index (κ3) is 3.76. The predicted molar refractivity (Wildman–Crippen MR) is 140 cm³/mol. The van der Waals surface area contributed by atoms with Crippen molar-refractivity contribution in [2.75, 3.05) is 0 Å². The molecule has 3 nitrogen and oxygen atoms in total. The summed E-state index contributed by atoms with van der Waals surface area (Å²) in [6.45, 7) is 15.6. The van der Waals surface area contributed by atoms with Gasteiger partial charge in [0, 0.05) is 31.2 Å². The lowest BCUT2D eigenvalue weighted by atomic mass is 9.88. The molecular formula is C31H29N2O+. The van der Waals surface area contributed by atoms with Gasteiger partial charge in [-0.3, -0.25) is 0 Å². The number of aryl methyl sites for hydroxylation is 2. The summed E-state index contributed by atoms with van der Waals surface area (Å²) in [7, 11) is 1.97. The average molecular weight is 448 g/mol. The number of benzene rings is 3. The molecule has 2 aromatic heterocycles. The Bertz CT molecular complexity index is 1670. The molecule has 0 saturated heterocycles. The van der Waals surface area contributed by atoms with E-state index in [0.29, 0.717) is 16.8 Å². The van der Waals surface area contributed by atoms with Crippen molar-refractivity contribution in [1.29, 1.82) is 0 Å². The number of rotatable bonds is 3. The molecule has 0 unspecified atom stereocenters. The van der Waals surface area contributed by atoms with Crippen LogP contribution in [0.1, 0.15) is 34.6 Å². The van der Waals surface area contributed by atoms with Crippen LogP contribution in [0.25, 0.3) is 49.2 Å². The SMILES string of the molecule is [2H]C([2H])(c1cc[n+](C)c(-c2c(C)ccc3c2oc2c(-c4ccccc4)c([N+]#[C-])ccc23)c1)C(C)(C)C. The van der Waals surface area contributed by atoms with E-state index in [4.69, 9.17) is 13.7 Å². The molecule has 0 aliphatic heterocycles. The molecule has 0 N–H and O–H groups in total. The number of hydrogen-bond acceptors (Lipinski definition) is 1. The zero-order valence-corrected chi connectivity index (χ0v) is 20.2. The molecule has 0 bridgehead atoms. The van der Waals surface area contributed by atoms with Gasteiger partial charge < -0.3 is 4.42 Å². The fraction of sp³-hybridized carbons (Fsp3) is 0.226. The summed E-state index contributed by atoms with van der Waals surface area (Å²) < 4.78 is 26.3. The Balaban J connectivity index is 1.85. The molecule has 5 rings (SSSR count). The summed E-state index contributed by atoms with van der Waals surface area (Å²) in [5, 5.41) is 1.94. The smallest absolute Gasteiger partial charge is 0.216 e. The molecule has 0 fully saturated rings. The van der Waals surface area contributed by atoms with Gasteiger partial charge in [-0.2, -0.15) is 0 Å². The molecule has 0 radical (unpaired) electrons. The van der Waals surface area contributed by atoms with Gasteiger partial charge >= 0.3 is 0 Å². The zero-order valence-electron chi connectivity index (χ0n) is 22.2. The Labute approximate surface area is 203 Å². The van der Waals surface area contributed by atoms with Crippen LogP contribution in [0.15, 0.2) is 77.3 Å². The molecule has 3 aromatic carbocycles. The molecule has 5 aromatic rings. The summed E-state index contributed by atoms with van der Waals surface area (Å²) in [6.07, 6.45) is 0.401. The second-order valence-corrected chi connectivity index (χ2v) is 9.84. The lowest BCUT2D eigenvalue weighted by Gasteiger charge is -2.18. The van der Waals surface area contributed by atoms with E-state index in [1.54, 1.807) is 0 Å². The van der Waals surface area contributed by atoms with Crippen LogP contribution < -0.4 is 4.57 Å². The van der Waals surface area contributed by atoms with Crippen molar-refractivity contribution in [1.82, 2.24) is 0 Å². The quantitative estimate of drug-likeness (QED) is 0.202. The predicted octanol–water partition coefficient (Wildman–Crippen LogP) is 8.19. The Morgan fingerprint density at radius 1 is 0.941 bits per heavy atom. The lowest BCUT2D eigenvalue weighted by molar-refractivity contribution is -0.660. The van der Waals surface area contributed by atoms with E-state index in [9.17, 15) is 0 Å². The highest BCUT2D eigenvalue weighted by molar-refractivity contribution is 6.15. The number of nitrogens with zero attached hydrogens (tertiary/aromatic N) is 2. The van der Waals surface area contributed by atoms with Crippen molar-refractivity contribution in [2.24, 2.45) is 12.5 Å². The van der Waals surface area contributed by atoms with Gasteiger partial charge in [-0.05, 0) is 35.4 Å². The van der Waals surface area contributed by atoms with Crippen molar-refractivity contribution >= 4 is 27.6 Å². The molecule has 0 atom stereocenters. The number of fused-ring (bicyclic) bond motifs is 3. The van der Waals surface area contributed by atoms with Gasteiger partial charge in [0.15, 0.2) is 11.9 Å². The first kappa shape index (κ1) is 19.6. The highest BCUT2D eigenvalue weighted by Gasteiger charge is 2.24. The number of aromatic nitrogens is 1. The van der Waals surface area contributed by atoms with E-state index >= 15 is 0 Å². The Kier molecular flexibility index (Phi) is 4.69. The van der Waals surface area contributed by atoms with Crippen LogP contribution in [-0.4, -0.2) is 0 Å². The minimum Gasteiger partial charge on any atom is -0.456 e. The van der Waals surface area contributed by atoms with Crippen LogP contribution in [0.4, 0.5) is 5.69 Å². The van der Waals surface area contributed by atoms with E-state index in [2.05, 4.69) is 23.9 Å². The molecule has 0 aliphatic carbocycles. The van der Waals surface area contributed by atoms with Crippen molar-refractivity contribution in [3.63, 3.8) is 0 Å². The molecule has 34 heavy (non-hydrogen) atoms. The molecule has 2 heterocycles. The van der Waals surface area contributed by atoms with Crippen LogP contribution in [-0.2, 0) is 13.4 Å². The van der Waals surface area contributed by atoms with Gasteiger partial charge in [-0.1, -0.05) is 75.4 Å². The summed E-state index contributed by atoms with van der Waals surface area (Å²) in [6, 6.07) is 21.7. The summed E-state index contributed by atoms with van der Waals surface area (Å²) in [5.41, 5.74) is 6.66. The highest BCUT2D eigenvalue weighted by atomic mass is 16.3. The lowest BCUT2D eigenvalue weighted by Crippen LogP contribution is -2.31. The van der Waals surface area contributed by atoms with Gasteiger partial charge in [0.2, 0.25) is 5.69 Å². The third-order valence-electron chi connectivity index (χ3n) is 6.10. The number of hydrogen-bond donors (Lipinski definition) is 0. The fourth-order valence-electron chi connectivity index (χ4n) is 4.62. The van der Waals surface area contributed by atoms with Crippen molar-refractivity contribution in [3.05, 3.63) is 95.5 Å². The second-order valence-electron chi connectivity index (χ2n) is 9.84. The number of furan rings is 1. The largest absolute Gasteiger partial charge is 0.456 e. The standard InChI is InChI=1S/C31H29N2O/c1-20-12-13-23-24-14-15-25(32-5)28(22-10-8-7-9-11-22)30(24)34-29(23)27(20)26-18-21(16-17-33(26)6)19-31(2,3)4/h7-18H,19H2,1-4,6H3/q+1/i19D2. The van der Waals surface area contributed by atoms with E-state index < -0.39 is 11.8 Å². The Morgan fingerprint density at radius 2 is 1.62 bits per heavy atom. The first-order valence-corrected chi connectivity index (χ1v) is 11.5. The second kappa shape index (κ2) is 8.15. The topological polar surface area (TPSA) is 21.4 Å². The summed E-state index contributed by atoms with van der Waals surface area (Å²) in [5.74, 6) is 0. The maximum atomic E-state index is 8.83. The zero-order chi connectivity index (χ0) is 25.8. The molecule has 3 heteroatoms. The molecule has 0 spiro atoms. The minimum absolute atomic E-state index is 0.553. The first-order valence-electron chi connectivity index (χ1n) is 12.5. The van der Waals surface area contributed by atoms with Gasteiger partial charge in [0.1, 0.15) is 18.2 Å². The normalized spacial score (nSPS) is 13.1. The summed E-state index contributed by atoms with van der Waals surface area (Å²) in [4.78, 5) is 3.79. The van der Waals surface area contributed by atoms with Crippen LogP contribution in [0.2, 0.25) is 0 Å². The monoisotopic (exact) mass is 447 g/mol. The Hall–Kier alpha value is -3.90. The van der Waals surface area contributed by atoms with Crippen molar-refractivity contribution in [2.45, 2.75) is 34.1 Å². The maximum Gasteiger partial charge on any atom is 0.216 e. The highest BCUT2D eigenvalue weighted by Crippen LogP contribution is 2.44. The van der Waals surface area contributed by atoms with Crippen LogP contribution >= 0.6 is 0 Å². The van der Waals surface area contributed by atoms with Gasteiger partial charge in [-0.25, -0.2) is 9.41 Å². The van der Waals surface area contributed by atoms with Gasteiger partial charge in [0.25, 0.3) is 0 Å². The minimum atomic E-state index is -1.52. The van der Waals surface area contributed by atoms with E-state index in [1.165, 1.54) is 0 Å². The first-order chi connectivity index (χ1) is 17.0. The number of pyridine rings is 1. The van der Waals surface area contributed by atoms with Crippen molar-refractivity contribution in [3.8, 4) is 22.4 Å². The van der Waals surface area contributed by atoms with Crippen LogP contribution in [0.3, 0.4) is 0 Å². The van der Waals surface area contributed by atoms with Crippen LogP contribution in [0.5, 0.6) is 0 Å². The fourth-order valence-corrected chi connectivity index (χ4v) is 4.62. The molecular weight excluding hydrogens is 416 g/mol. The van der Waals surface area contributed by atoms with Gasteiger partial charge in [-0.15, -0.1) is 0 Å². The van der Waals surface area contributed by atoms with Gasteiger partial charge in [0.05, 0.1) is 12.1 Å². The van der Waals surface area contributed by atoms with E-state index in [0.717, 1.165) is 44.3 Å². The summed E-state index contributed by atoms with van der Waals surface area (Å²) >= 11 is 0. The maximum absolute atomic E-state index is 8.83. The molecule has 168 valence electrons.